The molecule has 5 aliphatic carbocycles. The summed E-state index contributed by atoms with van der Waals surface area (Å²) in [6, 6.07) is 0. The molecule has 84 valence electrons. The van der Waals surface area contributed by atoms with Crippen molar-refractivity contribution in [2.45, 2.75) is 24.5 Å². The van der Waals surface area contributed by atoms with Crippen LogP contribution in [-0.2, 0) is 9.53 Å². The largest absolute Gasteiger partial charge is 0.481 e. The number of hydrogen-bond acceptors (Lipinski definition) is 2. The Morgan fingerprint density at radius 1 is 1.19 bits per heavy atom. The zero-order chi connectivity index (χ0) is 10.4. The van der Waals surface area contributed by atoms with Crippen LogP contribution in [0.15, 0.2) is 0 Å². The van der Waals surface area contributed by atoms with Gasteiger partial charge in [-0.15, -0.1) is 0 Å². The van der Waals surface area contributed by atoms with Crippen LogP contribution < -0.4 is 0 Å². The summed E-state index contributed by atoms with van der Waals surface area (Å²) in [6.07, 6.45) is 2.19. The Morgan fingerprint density at radius 2 is 2.06 bits per heavy atom. The maximum absolute atomic E-state index is 11.1. The average molecular weight is 218 g/mol. The first-order valence-electron chi connectivity index (χ1n) is 6.64. The molecule has 7 fully saturated rings. The fourth-order valence-electron chi connectivity index (χ4n) is 7.72. The zero-order valence-corrected chi connectivity index (χ0v) is 8.87. The minimum absolute atomic E-state index is 0.192. The third kappa shape index (κ3) is 0.430. The Labute approximate surface area is 93.2 Å². The van der Waals surface area contributed by atoms with Gasteiger partial charge in [0.05, 0.1) is 18.1 Å². The molecule has 3 nitrogen and oxygen atoms in total. The third-order valence-corrected chi connectivity index (χ3v) is 7.29. The number of ether oxygens (including phenoxy) is 1. The Kier molecular flexibility index (Phi) is 0.848. The molecule has 2 aliphatic heterocycles. The van der Waals surface area contributed by atoms with Gasteiger partial charge in [-0.25, -0.2) is 0 Å². The summed E-state index contributed by atoms with van der Waals surface area (Å²) in [5.41, 5.74) is -0.192. The first-order valence-corrected chi connectivity index (χ1v) is 6.64. The van der Waals surface area contributed by atoms with Crippen molar-refractivity contribution < 1.29 is 14.6 Å². The van der Waals surface area contributed by atoms with Gasteiger partial charge in [-0.05, 0) is 53.8 Å². The van der Waals surface area contributed by atoms with E-state index < -0.39 is 5.97 Å². The molecule has 0 aromatic carbocycles. The van der Waals surface area contributed by atoms with E-state index in [1.807, 2.05) is 0 Å². The van der Waals surface area contributed by atoms with Gasteiger partial charge in [-0.2, -0.15) is 0 Å². The van der Waals surface area contributed by atoms with E-state index in [9.17, 15) is 9.90 Å². The van der Waals surface area contributed by atoms with E-state index in [1.165, 1.54) is 6.42 Å². The maximum Gasteiger partial charge on any atom is 0.306 e. The Morgan fingerprint density at radius 3 is 2.88 bits per heavy atom. The maximum atomic E-state index is 11.1. The second kappa shape index (κ2) is 1.76. The molecular weight excluding hydrogens is 204 g/mol. The summed E-state index contributed by atoms with van der Waals surface area (Å²) < 4.78 is 6.29. The lowest BCUT2D eigenvalue weighted by Gasteiger charge is -2.45. The minimum atomic E-state index is -0.645. The van der Waals surface area contributed by atoms with Crippen LogP contribution in [0.3, 0.4) is 0 Å². The van der Waals surface area contributed by atoms with E-state index in [0.29, 0.717) is 17.9 Å². The molecule has 7 rings (SSSR count). The van der Waals surface area contributed by atoms with Crippen LogP contribution in [0, 0.1) is 47.3 Å². The minimum Gasteiger partial charge on any atom is -0.481 e. The molecule has 3 heteroatoms. The van der Waals surface area contributed by atoms with Crippen LogP contribution in [0.5, 0.6) is 0 Å². The molecule has 0 radical (unpaired) electrons. The van der Waals surface area contributed by atoms with Gasteiger partial charge in [-0.1, -0.05) is 0 Å². The molecule has 2 saturated heterocycles. The Bertz CT molecular complexity index is 450. The smallest absolute Gasteiger partial charge is 0.306 e. The normalized spacial score (nSPS) is 77.9. The molecule has 16 heavy (non-hydrogen) atoms. The molecule has 0 aromatic rings. The number of carboxylic acids is 1. The first-order chi connectivity index (χ1) is 7.74. The van der Waals surface area contributed by atoms with Crippen molar-refractivity contribution in [2.24, 2.45) is 47.3 Å². The number of aliphatic carboxylic acids is 1. The molecule has 0 aromatic heterocycles. The van der Waals surface area contributed by atoms with Gasteiger partial charge in [-0.3, -0.25) is 4.79 Å². The van der Waals surface area contributed by atoms with E-state index in [4.69, 9.17) is 4.74 Å². The molecular formula is C13H14O3. The first kappa shape index (κ1) is 7.70. The number of carbonyl (C=O) groups is 1. The van der Waals surface area contributed by atoms with Crippen molar-refractivity contribution in [3.05, 3.63) is 0 Å². The molecule has 7 aliphatic rings. The molecule has 0 amide bonds. The summed E-state index contributed by atoms with van der Waals surface area (Å²) >= 11 is 0. The summed E-state index contributed by atoms with van der Waals surface area (Å²) in [5.74, 6) is 5.83. The predicted molar refractivity (Wildman–Crippen MR) is 52.4 cm³/mol. The van der Waals surface area contributed by atoms with E-state index in [1.54, 1.807) is 0 Å². The van der Waals surface area contributed by atoms with Crippen LogP contribution in [0.25, 0.3) is 0 Å². The van der Waals surface area contributed by atoms with Gasteiger partial charge in [0.2, 0.25) is 0 Å². The molecule has 1 N–H and O–H groups in total. The lowest BCUT2D eigenvalue weighted by atomic mass is 9.57. The molecule has 5 saturated carbocycles. The van der Waals surface area contributed by atoms with Crippen molar-refractivity contribution in [1.29, 1.82) is 0 Å². The van der Waals surface area contributed by atoms with Gasteiger partial charge in [0.25, 0.3) is 0 Å². The SMILES string of the molecule is O=C(O)CC12OC3C4C5CC(C6C5C3C61)C42. The van der Waals surface area contributed by atoms with Crippen LogP contribution in [0.4, 0.5) is 0 Å². The average Bonchev–Trinajstić information content (AvgIpc) is 2.73. The number of hydrogen-bond donors (Lipinski definition) is 1. The standard InChI is InChI=1S/C13H14O3/c14-5(15)2-13-10-4-1-3-6-7(4)11(13)9(6)12(16-13)8(3)10/h3-4,6-12H,1-2H2,(H,14,15). The van der Waals surface area contributed by atoms with Crippen molar-refractivity contribution in [3.63, 3.8) is 0 Å². The van der Waals surface area contributed by atoms with Gasteiger partial charge >= 0.3 is 5.97 Å². The highest BCUT2D eigenvalue weighted by Crippen LogP contribution is 2.90. The van der Waals surface area contributed by atoms with Crippen LogP contribution in [-0.4, -0.2) is 22.8 Å². The lowest BCUT2D eigenvalue weighted by molar-refractivity contribution is -0.145. The molecule has 10 atom stereocenters. The lowest BCUT2D eigenvalue weighted by Crippen LogP contribution is -2.49. The fourth-order valence-corrected chi connectivity index (χ4v) is 7.72. The Balaban J connectivity index is 1.62. The van der Waals surface area contributed by atoms with Crippen LogP contribution in [0.2, 0.25) is 0 Å². The van der Waals surface area contributed by atoms with E-state index >= 15 is 0 Å². The second-order valence-corrected chi connectivity index (χ2v) is 7.03. The Hall–Kier alpha value is -0.570. The molecule has 0 spiro atoms. The highest BCUT2D eigenvalue weighted by Gasteiger charge is 2.92. The highest BCUT2D eigenvalue weighted by atomic mass is 16.5. The summed E-state index contributed by atoms with van der Waals surface area (Å²) in [6.45, 7) is 0. The van der Waals surface area contributed by atoms with E-state index in [2.05, 4.69) is 0 Å². The fraction of sp³-hybridized carbons (Fsp3) is 0.923. The van der Waals surface area contributed by atoms with E-state index in [0.717, 1.165) is 35.5 Å². The van der Waals surface area contributed by atoms with Gasteiger partial charge in [0.15, 0.2) is 0 Å². The molecule has 4 bridgehead atoms. The topological polar surface area (TPSA) is 46.5 Å². The van der Waals surface area contributed by atoms with Gasteiger partial charge in [0.1, 0.15) is 0 Å². The summed E-state index contributed by atoms with van der Waals surface area (Å²) in [7, 11) is 0. The van der Waals surface area contributed by atoms with Crippen molar-refractivity contribution in [3.8, 4) is 0 Å². The van der Waals surface area contributed by atoms with Crippen molar-refractivity contribution in [1.82, 2.24) is 0 Å². The number of carboxylic acid groups (broad SMARTS) is 1. The van der Waals surface area contributed by atoms with Gasteiger partial charge in [0, 0.05) is 0 Å². The van der Waals surface area contributed by atoms with Crippen LogP contribution in [0.1, 0.15) is 12.8 Å². The number of rotatable bonds is 2. The summed E-state index contributed by atoms with van der Waals surface area (Å²) in [5, 5.41) is 9.17. The third-order valence-electron chi connectivity index (χ3n) is 7.29. The monoisotopic (exact) mass is 218 g/mol. The molecule has 2 heterocycles. The quantitative estimate of drug-likeness (QED) is 0.751. The van der Waals surface area contributed by atoms with Crippen molar-refractivity contribution >= 4 is 5.97 Å². The zero-order valence-electron chi connectivity index (χ0n) is 8.87. The summed E-state index contributed by atoms with van der Waals surface area (Å²) in [4.78, 5) is 11.1. The highest BCUT2D eigenvalue weighted by molar-refractivity contribution is 5.69. The predicted octanol–water partition coefficient (Wildman–Crippen LogP) is 0.986. The van der Waals surface area contributed by atoms with Gasteiger partial charge < -0.3 is 9.84 Å². The van der Waals surface area contributed by atoms with Crippen LogP contribution >= 0.6 is 0 Å². The van der Waals surface area contributed by atoms with E-state index in [-0.39, 0.29) is 12.0 Å². The second-order valence-electron chi connectivity index (χ2n) is 7.03. The van der Waals surface area contributed by atoms with Crippen molar-refractivity contribution in [2.75, 3.05) is 0 Å². The molecule has 10 unspecified atom stereocenters.